The molecule has 2 nitrogen and oxygen atoms in total. The molecule has 1 fully saturated rings. The standard InChI is InChI=1S/C10H18N2/c11-7-9-12-8-6-10-4-2-1-3-5-10/h10,12H,1-6,8-9H2. The van der Waals surface area contributed by atoms with Gasteiger partial charge in [-0.3, -0.25) is 0 Å². The first kappa shape index (κ1) is 9.54. The van der Waals surface area contributed by atoms with Crippen LogP contribution in [0.4, 0.5) is 0 Å². The molecule has 0 aliphatic heterocycles. The molecule has 0 radical (unpaired) electrons. The highest BCUT2D eigenvalue weighted by atomic mass is 14.8. The molecular weight excluding hydrogens is 148 g/mol. The van der Waals surface area contributed by atoms with E-state index in [1.54, 1.807) is 0 Å². The van der Waals surface area contributed by atoms with Crippen molar-refractivity contribution in [1.82, 2.24) is 5.32 Å². The lowest BCUT2D eigenvalue weighted by atomic mass is 9.87. The summed E-state index contributed by atoms with van der Waals surface area (Å²) in [7, 11) is 0. The smallest absolute Gasteiger partial charge is 0.0840 e. The van der Waals surface area contributed by atoms with Crippen molar-refractivity contribution in [2.24, 2.45) is 5.92 Å². The Hall–Kier alpha value is -0.550. The van der Waals surface area contributed by atoms with Crippen molar-refractivity contribution in [3.05, 3.63) is 0 Å². The van der Waals surface area contributed by atoms with Gasteiger partial charge in [-0.05, 0) is 18.9 Å². The molecule has 2 heteroatoms. The molecule has 0 atom stereocenters. The van der Waals surface area contributed by atoms with Gasteiger partial charge in [-0.2, -0.15) is 5.26 Å². The summed E-state index contributed by atoms with van der Waals surface area (Å²) in [6.45, 7) is 1.53. The molecule has 1 N–H and O–H groups in total. The Morgan fingerprint density at radius 1 is 1.25 bits per heavy atom. The lowest BCUT2D eigenvalue weighted by molar-refractivity contribution is 0.336. The zero-order chi connectivity index (χ0) is 8.65. The fraction of sp³-hybridized carbons (Fsp3) is 0.900. The van der Waals surface area contributed by atoms with Crippen molar-refractivity contribution in [2.75, 3.05) is 13.1 Å². The fourth-order valence-corrected chi connectivity index (χ4v) is 1.93. The second-order valence-electron chi connectivity index (χ2n) is 3.63. The SMILES string of the molecule is N#CCNCCC1CCCCC1. The van der Waals surface area contributed by atoms with Gasteiger partial charge in [-0.25, -0.2) is 0 Å². The van der Waals surface area contributed by atoms with Gasteiger partial charge in [0.25, 0.3) is 0 Å². The molecule has 0 aromatic heterocycles. The summed E-state index contributed by atoms with van der Waals surface area (Å²) in [5, 5.41) is 11.4. The highest BCUT2D eigenvalue weighted by Crippen LogP contribution is 2.25. The van der Waals surface area contributed by atoms with Crippen molar-refractivity contribution in [2.45, 2.75) is 38.5 Å². The molecule has 0 unspecified atom stereocenters. The van der Waals surface area contributed by atoms with E-state index in [0.29, 0.717) is 6.54 Å². The van der Waals surface area contributed by atoms with Crippen LogP contribution in [0.2, 0.25) is 0 Å². The van der Waals surface area contributed by atoms with Crippen molar-refractivity contribution in [1.29, 1.82) is 5.26 Å². The number of hydrogen-bond donors (Lipinski definition) is 1. The summed E-state index contributed by atoms with van der Waals surface area (Å²) >= 11 is 0. The lowest BCUT2D eigenvalue weighted by Gasteiger charge is -2.21. The van der Waals surface area contributed by atoms with E-state index in [-0.39, 0.29) is 0 Å². The molecule has 1 rings (SSSR count). The predicted octanol–water partition coefficient (Wildman–Crippen LogP) is 2.07. The lowest BCUT2D eigenvalue weighted by Crippen LogP contribution is -2.19. The topological polar surface area (TPSA) is 35.8 Å². The van der Waals surface area contributed by atoms with Crippen molar-refractivity contribution in [3.63, 3.8) is 0 Å². The minimum absolute atomic E-state index is 0.507. The van der Waals surface area contributed by atoms with Crippen molar-refractivity contribution in [3.8, 4) is 6.07 Å². The van der Waals surface area contributed by atoms with Gasteiger partial charge in [0.1, 0.15) is 0 Å². The Bertz CT molecular complexity index is 142. The van der Waals surface area contributed by atoms with E-state index < -0.39 is 0 Å². The van der Waals surface area contributed by atoms with Gasteiger partial charge in [0.2, 0.25) is 0 Å². The maximum atomic E-state index is 8.29. The largest absolute Gasteiger partial charge is 0.304 e. The van der Waals surface area contributed by atoms with E-state index in [1.165, 1.54) is 38.5 Å². The number of rotatable bonds is 4. The van der Waals surface area contributed by atoms with Crippen molar-refractivity contribution < 1.29 is 0 Å². The van der Waals surface area contributed by atoms with Crippen LogP contribution in [0, 0.1) is 17.2 Å². The highest BCUT2D eigenvalue weighted by Gasteiger charge is 2.11. The van der Waals surface area contributed by atoms with Gasteiger partial charge < -0.3 is 5.32 Å². The van der Waals surface area contributed by atoms with Gasteiger partial charge in [0, 0.05) is 0 Å². The van der Waals surface area contributed by atoms with E-state index >= 15 is 0 Å². The average Bonchev–Trinajstić information content (AvgIpc) is 2.14. The van der Waals surface area contributed by atoms with Gasteiger partial charge >= 0.3 is 0 Å². The summed E-state index contributed by atoms with van der Waals surface area (Å²) in [4.78, 5) is 0. The highest BCUT2D eigenvalue weighted by molar-refractivity contribution is 4.73. The van der Waals surface area contributed by atoms with Gasteiger partial charge in [-0.15, -0.1) is 0 Å². The quantitative estimate of drug-likeness (QED) is 0.512. The van der Waals surface area contributed by atoms with E-state index in [1.807, 2.05) is 0 Å². The summed E-state index contributed by atoms with van der Waals surface area (Å²) in [6, 6.07) is 2.09. The number of nitriles is 1. The third-order valence-electron chi connectivity index (χ3n) is 2.66. The minimum atomic E-state index is 0.507. The minimum Gasteiger partial charge on any atom is -0.304 e. The van der Waals surface area contributed by atoms with Crippen LogP contribution in [-0.2, 0) is 0 Å². The monoisotopic (exact) mass is 166 g/mol. The third-order valence-corrected chi connectivity index (χ3v) is 2.66. The normalized spacial score (nSPS) is 18.9. The predicted molar refractivity (Wildman–Crippen MR) is 49.7 cm³/mol. The van der Waals surface area contributed by atoms with Crippen molar-refractivity contribution >= 4 is 0 Å². The zero-order valence-electron chi connectivity index (χ0n) is 7.68. The van der Waals surface area contributed by atoms with Gasteiger partial charge in [0.05, 0.1) is 12.6 Å². The van der Waals surface area contributed by atoms with E-state index in [9.17, 15) is 0 Å². The maximum Gasteiger partial charge on any atom is 0.0840 e. The maximum absolute atomic E-state index is 8.29. The average molecular weight is 166 g/mol. The Balaban J connectivity index is 1.95. The number of hydrogen-bond acceptors (Lipinski definition) is 2. The summed E-state index contributed by atoms with van der Waals surface area (Å²) in [5.74, 6) is 0.935. The third kappa shape index (κ3) is 3.73. The van der Waals surface area contributed by atoms with Crippen LogP contribution in [0.25, 0.3) is 0 Å². The van der Waals surface area contributed by atoms with Gasteiger partial charge in [-0.1, -0.05) is 32.1 Å². The molecule has 1 saturated carbocycles. The first-order valence-electron chi connectivity index (χ1n) is 5.01. The van der Waals surface area contributed by atoms with Crippen LogP contribution >= 0.6 is 0 Å². The van der Waals surface area contributed by atoms with Crippen LogP contribution in [0.1, 0.15) is 38.5 Å². The molecule has 0 aromatic carbocycles. The summed E-state index contributed by atoms with van der Waals surface area (Å²) in [5.41, 5.74) is 0. The van der Waals surface area contributed by atoms with E-state index in [2.05, 4.69) is 11.4 Å². The van der Waals surface area contributed by atoms with E-state index in [4.69, 9.17) is 5.26 Å². The Labute approximate surface area is 75.0 Å². The summed E-state index contributed by atoms with van der Waals surface area (Å²) < 4.78 is 0. The number of nitrogens with one attached hydrogen (secondary N) is 1. The first-order valence-corrected chi connectivity index (χ1v) is 5.01. The Kier molecular flexibility index (Phi) is 4.79. The molecule has 1 aliphatic rings. The molecule has 0 heterocycles. The second-order valence-corrected chi connectivity index (χ2v) is 3.63. The molecule has 0 aromatic rings. The first-order chi connectivity index (χ1) is 5.93. The van der Waals surface area contributed by atoms with E-state index in [0.717, 1.165) is 12.5 Å². The fourth-order valence-electron chi connectivity index (χ4n) is 1.93. The molecule has 0 amide bonds. The molecule has 68 valence electrons. The molecule has 0 saturated heterocycles. The molecule has 1 aliphatic carbocycles. The molecule has 0 bridgehead atoms. The summed E-state index contributed by atoms with van der Waals surface area (Å²) in [6.07, 6.45) is 8.36. The molecular formula is C10H18N2. The second kappa shape index (κ2) is 6.02. The molecule has 0 spiro atoms. The van der Waals surface area contributed by atoms with Crippen LogP contribution in [0.5, 0.6) is 0 Å². The van der Waals surface area contributed by atoms with Gasteiger partial charge in [0.15, 0.2) is 0 Å². The van der Waals surface area contributed by atoms with Crippen LogP contribution in [0.3, 0.4) is 0 Å². The molecule has 12 heavy (non-hydrogen) atoms. The van der Waals surface area contributed by atoms with Crippen LogP contribution < -0.4 is 5.32 Å². The van der Waals surface area contributed by atoms with Crippen LogP contribution in [0.15, 0.2) is 0 Å². The zero-order valence-corrected chi connectivity index (χ0v) is 7.68. The number of nitrogens with zero attached hydrogens (tertiary/aromatic N) is 1. The van der Waals surface area contributed by atoms with Crippen LogP contribution in [-0.4, -0.2) is 13.1 Å². The Morgan fingerprint density at radius 2 is 2.00 bits per heavy atom. The Morgan fingerprint density at radius 3 is 2.67 bits per heavy atom.